The molecule has 1 N–H and O–H groups in total. The number of carbonyl (C=O) groups excluding carboxylic acids is 1. The number of hydrogen-bond donors (Lipinski definition) is 1. The zero-order valence-corrected chi connectivity index (χ0v) is 13.9. The van der Waals surface area contributed by atoms with Crippen LogP contribution in [0.4, 0.5) is 4.39 Å². The largest absolute Gasteiger partial charge is 0.353 e. The summed E-state index contributed by atoms with van der Waals surface area (Å²) in [6.07, 6.45) is 8.41. The molecule has 1 aromatic carbocycles. The van der Waals surface area contributed by atoms with Gasteiger partial charge in [0.2, 0.25) is 5.91 Å². The third-order valence-corrected chi connectivity index (χ3v) is 6.64. The third-order valence-electron chi connectivity index (χ3n) is 6.64. The van der Waals surface area contributed by atoms with Crippen LogP contribution in [-0.2, 0) is 11.2 Å². The maximum atomic E-state index is 13.3. The van der Waals surface area contributed by atoms with E-state index in [4.69, 9.17) is 0 Å². The molecule has 2 nitrogen and oxygen atoms in total. The molecule has 0 unspecified atom stereocenters. The van der Waals surface area contributed by atoms with Crippen molar-refractivity contribution in [2.45, 2.75) is 57.9 Å². The maximum Gasteiger partial charge on any atom is 0.224 e. The van der Waals surface area contributed by atoms with Crippen LogP contribution in [0.5, 0.6) is 0 Å². The Balaban J connectivity index is 1.41. The van der Waals surface area contributed by atoms with Gasteiger partial charge in [0.15, 0.2) is 0 Å². The van der Waals surface area contributed by atoms with E-state index in [1.807, 2.05) is 6.07 Å². The number of carbonyl (C=O) groups is 1. The van der Waals surface area contributed by atoms with Crippen molar-refractivity contribution >= 4 is 5.91 Å². The average Bonchev–Trinajstić information content (AvgIpc) is 2.45. The Labute approximate surface area is 137 Å². The van der Waals surface area contributed by atoms with Crippen molar-refractivity contribution in [1.29, 1.82) is 0 Å². The first-order chi connectivity index (χ1) is 11.0. The molecule has 5 rings (SSSR count). The smallest absolute Gasteiger partial charge is 0.224 e. The van der Waals surface area contributed by atoms with Gasteiger partial charge in [0, 0.05) is 6.04 Å². The lowest BCUT2D eigenvalue weighted by molar-refractivity contribution is -0.125. The van der Waals surface area contributed by atoms with E-state index in [9.17, 15) is 9.18 Å². The molecule has 0 spiro atoms. The van der Waals surface area contributed by atoms with Gasteiger partial charge in [0.25, 0.3) is 0 Å². The molecule has 4 fully saturated rings. The molecule has 4 aliphatic rings. The molecule has 1 aromatic rings. The van der Waals surface area contributed by atoms with Crippen molar-refractivity contribution in [3.8, 4) is 0 Å². The first kappa shape index (κ1) is 15.2. The minimum atomic E-state index is -0.274. The van der Waals surface area contributed by atoms with Crippen LogP contribution in [-0.4, -0.2) is 11.9 Å². The van der Waals surface area contributed by atoms with Crippen molar-refractivity contribution in [3.63, 3.8) is 0 Å². The highest BCUT2D eigenvalue weighted by Crippen LogP contribution is 2.61. The van der Waals surface area contributed by atoms with Crippen molar-refractivity contribution in [2.75, 3.05) is 0 Å². The van der Waals surface area contributed by atoms with Crippen molar-refractivity contribution in [3.05, 3.63) is 35.6 Å². The summed E-state index contributed by atoms with van der Waals surface area (Å²) in [5.74, 6) is 2.43. The van der Waals surface area contributed by atoms with Crippen LogP contribution in [0.2, 0.25) is 0 Å². The number of nitrogens with one attached hydrogen (secondary N) is 1. The first-order valence-electron chi connectivity index (χ1n) is 9.06. The summed E-state index contributed by atoms with van der Waals surface area (Å²) in [6.45, 7) is 2.19. The normalized spacial score (nSPS) is 36.0. The molecule has 124 valence electrons. The Morgan fingerprint density at radius 2 is 1.83 bits per heavy atom. The lowest BCUT2D eigenvalue weighted by atomic mass is 9.48. The topological polar surface area (TPSA) is 29.1 Å². The lowest BCUT2D eigenvalue weighted by Gasteiger charge is -2.59. The van der Waals surface area contributed by atoms with Gasteiger partial charge >= 0.3 is 0 Å². The van der Waals surface area contributed by atoms with Gasteiger partial charge in [-0.05, 0) is 86.3 Å². The fourth-order valence-electron chi connectivity index (χ4n) is 5.99. The molecular formula is C20H26FNO. The number of halogens is 1. The molecule has 1 atom stereocenters. The molecule has 1 amide bonds. The van der Waals surface area contributed by atoms with Crippen LogP contribution >= 0.6 is 0 Å². The summed E-state index contributed by atoms with van der Waals surface area (Å²) >= 11 is 0. The minimum absolute atomic E-state index is 0.0267. The van der Waals surface area contributed by atoms with Gasteiger partial charge in [-0.15, -0.1) is 0 Å². The standard InChI is InChI=1S/C20H26FNO/c1-13(22-19(23)9-14-3-2-4-18(21)8-14)20-10-15-5-16(11-20)7-17(6-15)12-20/h2-4,8,13,15-17H,5-7,9-12H2,1H3,(H,22,23)/t13-,15?,16?,17?,20?/m1/s1. The predicted octanol–water partition coefficient (Wildman–Crippen LogP) is 4.09. The summed E-state index contributed by atoms with van der Waals surface area (Å²) in [5.41, 5.74) is 1.08. The van der Waals surface area contributed by atoms with E-state index in [0.717, 1.165) is 23.3 Å². The van der Waals surface area contributed by atoms with E-state index < -0.39 is 0 Å². The van der Waals surface area contributed by atoms with Gasteiger partial charge in [-0.2, -0.15) is 0 Å². The maximum absolute atomic E-state index is 13.3. The Morgan fingerprint density at radius 1 is 1.22 bits per heavy atom. The third kappa shape index (κ3) is 2.90. The molecule has 4 saturated carbocycles. The fraction of sp³-hybridized carbons (Fsp3) is 0.650. The van der Waals surface area contributed by atoms with Crippen molar-refractivity contribution in [2.24, 2.45) is 23.2 Å². The van der Waals surface area contributed by atoms with Crippen molar-refractivity contribution in [1.82, 2.24) is 5.32 Å². The van der Waals surface area contributed by atoms with Crippen LogP contribution in [0.1, 0.15) is 51.0 Å². The number of hydrogen-bond acceptors (Lipinski definition) is 1. The predicted molar refractivity (Wildman–Crippen MR) is 88.3 cm³/mol. The Kier molecular flexibility index (Phi) is 3.70. The highest BCUT2D eigenvalue weighted by Gasteiger charge is 2.53. The summed E-state index contributed by atoms with van der Waals surface area (Å²) in [6, 6.07) is 6.59. The molecule has 23 heavy (non-hydrogen) atoms. The zero-order chi connectivity index (χ0) is 16.0. The quantitative estimate of drug-likeness (QED) is 0.891. The number of benzene rings is 1. The second kappa shape index (κ2) is 5.61. The van der Waals surface area contributed by atoms with Crippen LogP contribution < -0.4 is 5.32 Å². The molecule has 3 heteroatoms. The van der Waals surface area contributed by atoms with Crippen LogP contribution in [0, 0.1) is 29.0 Å². The van der Waals surface area contributed by atoms with E-state index in [1.54, 1.807) is 6.07 Å². The SMILES string of the molecule is C[C@@H](NC(=O)Cc1cccc(F)c1)C12CC3CC(CC(C3)C1)C2. The van der Waals surface area contributed by atoms with E-state index in [1.165, 1.54) is 50.7 Å². The second-order valence-corrected chi connectivity index (χ2v) is 8.38. The molecular weight excluding hydrogens is 289 g/mol. The summed E-state index contributed by atoms with van der Waals surface area (Å²) in [5, 5.41) is 3.24. The fourth-order valence-corrected chi connectivity index (χ4v) is 5.99. The van der Waals surface area contributed by atoms with Crippen LogP contribution in [0.3, 0.4) is 0 Å². The van der Waals surface area contributed by atoms with Crippen molar-refractivity contribution < 1.29 is 9.18 Å². The van der Waals surface area contributed by atoms with E-state index in [-0.39, 0.29) is 24.2 Å². The lowest BCUT2D eigenvalue weighted by Crippen LogP contribution is -2.56. The molecule has 0 radical (unpaired) electrons. The molecule has 4 bridgehead atoms. The number of rotatable bonds is 4. The van der Waals surface area contributed by atoms with Gasteiger partial charge < -0.3 is 5.32 Å². The molecule has 0 aliphatic heterocycles. The molecule has 0 heterocycles. The minimum Gasteiger partial charge on any atom is -0.353 e. The molecule has 0 aromatic heterocycles. The first-order valence-corrected chi connectivity index (χ1v) is 9.06. The monoisotopic (exact) mass is 315 g/mol. The van der Waals surface area contributed by atoms with Gasteiger partial charge in [-0.25, -0.2) is 4.39 Å². The Hall–Kier alpha value is -1.38. The summed E-state index contributed by atoms with van der Waals surface area (Å²) in [7, 11) is 0. The Morgan fingerprint density at radius 3 is 2.39 bits per heavy atom. The highest BCUT2D eigenvalue weighted by molar-refractivity contribution is 5.78. The zero-order valence-electron chi connectivity index (χ0n) is 13.9. The van der Waals surface area contributed by atoms with Crippen LogP contribution in [0.15, 0.2) is 24.3 Å². The van der Waals surface area contributed by atoms with Gasteiger partial charge in [0.1, 0.15) is 5.82 Å². The van der Waals surface area contributed by atoms with Crippen LogP contribution in [0.25, 0.3) is 0 Å². The second-order valence-electron chi connectivity index (χ2n) is 8.38. The average molecular weight is 315 g/mol. The van der Waals surface area contributed by atoms with E-state index >= 15 is 0 Å². The number of amides is 1. The van der Waals surface area contributed by atoms with Gasteiger partial charge in [-0.1, -0.05) is 12.1 Å². The van der Waals surface area contributed by atoms with E-state index in [0.29, 0.717) is 5.41 Å². The molecule has 0 saturated heterocycles. The summed E-state index contributed by atoms with van der Waals surface area (Å²) in [4.78, 5) is 12.4. The summed E-state index contributed by atoms with van der Waals surface area (Å²) < 4.78 is 13.3. The highest BCUT2D eigenvalue weighted by atomic mass is 19.1. The Bertz CT molecular complexity index is 576. The van der Waals surface area contributed by atoms with E-state index in [2.05, 4.69) is 12.2 Å². The van der Waals surface area contributed by atoms with Gasteiger partial charge in [0.05, 0.1) is 6.42 Å². The van der Waals surface area contributed by atoms with Gasteiger partial charge in [-0.3, -0.25) is 4.79 Å². The molecule has 4 aliphatic carbocycles.